The zero-order chi connectivity index (χ0) is 13.2. The normalized spacial score (nSPS) is 21.2. The summed E-state index contributed by atoms with van der Waals surface area (Å²) in [7, 11) is 0. The standard InChI is InChI=1S/C15H19N3O/c1-9(2)18-7-15(8-18)5-10-3-4-11-13(12(10)6-15)19-17-14(11)16/h3-4,9H,5-8H2,1-2H3,(H2,16,17). The maximum absolute atomic E-state index is 5.83. The average molecular weight is 257 g/mol. The summed E-state index contributed by atoms with van der Waals surface area (Å²) in [6, 6.07) is 4.91. The fraction of sp³-hybridized carbons (Fsp3) is 0.533. The van der Waals surface area contributed by atoms with Crippen molar-refractivity contribution in [2.24, 2.45) is 5.41 Å². The van der Waals surface area contributed by atoms with E-state index in [0.29, 0.717) is 17.3 Å². The van der Waals surface area contributed by atoms with E-state index in [4.69, 9.17) is 10.3 Å². The second-order valence-electron chi connectivity index (χ2n) is 6.50. The number of aromatic nitrogens is 1. The molecule has 1 aliphatic heterocycles. The summed E-state index contributed by atoms with van der Waals surface area (Å²) in [5, 5.41) is 4.87. The zero-order valence-corrected chi connectivity index (χ0v) is 11.4. The molecule has 100 valence electrons. The lowest BCUT2D eigenvalue weighted by Gasteiger charge is -2.50. The molecule has 1 saturated heterocycles. The largest absolute Gasteiger partial charge is 0.380 e. The van der Waals surface area contributed by atoms with E-state index in [1.54, 1.807) is 0 Å². The van der Waals surface area contributed by atoms with Crippen LogP contribution in [-0.2, 0) is 12.8 Å². The highest BCUT2D eigenvalue weighted by molar-refractivity contribution is 5.90. The maximum atomic E-state index is 5.83. The predicted octanol–water partition coefficient (Wildman–Crippen LogP) is 2.22. The van der Waals surface area contributed by atoms with E-state index in [1.165, 1.54) is 30.6 Å². The summed E-state index contributed by atoms with van der Waals surface area (Å²) in [4.78, 5) is 2.54. The lowest BCUT2D eigenvalue weighted by atomic mass is 9.76. The minimum Gasteiger partial charge on any atom is -0.380 e. The molecule has 2 N–H and O–H groups in total. The summed E-state index contributed by atoms with van der Waals surface area (Å²) in [6.07, 6.45) is 2.28. The van der Waals surface area contributed by atoms with Gasteiger partial charge in [0.05, 0.1) is 5.39 Å². The van der Waals surface area contributed by atoms with Gasteiger partial charge in [-0.2, -0.15) is 0 Å². The van der Waals surface area contributed by atoms with E-state index >= 15 is 0 Å². The molecule has 1 spiro atoms. The summed E-state index contributed by atoms with van der Waals surface area (Å²) < 4.78 is 5.44. The van der Waals surface area contributed by atoms with Gasteiger partial charge in [-0.15, -0.1) is 0 Å². The highest BCUT2D eigenvalue weighted by Crippen LogP contribution is 2.47. The highest BCUT2D eigenvalue weighted by Gasteiger charge is 2.48. The number of nitrogens with two attached hydrogens (primary N) is 1. The van der Waals surface area contributed by atoms with Crippen molar-refractivity contribution in [1.29, 1.82) is 0 Å². The molecule has 2 aromatic rings. The van der Waals surface area contributed by atoms with E-state index in [2.05, 4.69) is 36.0 Å². The van der Waals surface area contributed by atoms with Gasteiger partial charge >= 0.3 is 0 Å². The van der Waals surface area contributed by atoms with Crippen molar-refractivity contribution >= 4 is 16.8 Å². The van der Waals surface area contributed by atoms with Crippen LogP contribution in [0.1, 0.15) is 25.0 Å². The number of hydrogen-bond acceptors (Lipinski definition) is 4. The lowest BCUT2D eigenvalue weighted by Crippen LogP contribution is -2.59. The van der Waals surface area contributed by atoms with Gasteiger partial charge in [0.2, 0.25) is 0 Å². The Labute approximate surface area is 112 Å². The topological polar surface area (TPSA) is 55.3 Å². The fourth-order valence-corrected chi connectivity index (χ4v) is 3.72. The summed E-state index contributed by atoms with van der Waals surface area (Å²) >= 11 is 0. The Bertz CT molecular complexity index is 653. The molecule has 1 aromatic carbocycles. The van der Waals surface area contributed by atoms with Gasteiger partial charge in [0, 0.05) is 30.1 Å². The van der Waals surface area contributed by atoms with Crippen molar-refractivity contribution in [1.82, 2.24) is 10.1 Å². The molecular weight excluding hydrogens is 238 g/mol. The van der Waals surface area contributed by atoms with E-state index in [-0.39, 0.29) is 0 Å². The number of nitrogens with zero attached hydrogens (tertiary/aromatic N) is 2. The monoisotopic (exact) mass is 257 g/mol. The zero-order valence-electron chi connectivity index (χ0n) is 11.4. The van der Waals surface area contributed by atoms with E-state index in [1.807, 2.05) is 0 Å². The number of fused-ring (bicyclic) bond motifs is 3. The maximum Gasteiger partial charge on any atom is 0.174 e. The molecule has 2 heterocycles. The van der Waals surface area contributed by atoms with Gasteiger partial charge in [0.25, 0.3) is 0 Å². The van der Waals surface area contributed by atoms with Gasteiger partial charge in [-0.3, -0.25) is 4.90 Å². The molecule has 1 aliphatic carbocycles. The Kier molecular flexibility index (Phi) is 2.09. The van der Waals surface area contributed by atoms with Gasteiger partial charge in [0.1, 0.15) is 0 Å². The summed E-state index contributed by atoms with van der Waals surface area (Å²) in [6.45, 7) is 6.93. The van der Waals surface area contributed by atoms with Crippen molar-refractivity contribution in [3.8, 4) is 0 Å². The van der Waals surface area contributed by atoms with Crippen molar-refractivity contribution in [3.05, 3.63) is 23.3 Å². The molecule has 4 rings (SSSR count). The van der Waals surface area contributed by atoms with Crippen molar-refractivity contribution in [2.45, 2.75) is 32.7 Å². The van der Waals surface area contributed by atoms with Crippen molar-refractivity contribution in [2.75, 3.05) is 18.8 Å². The Balaban J connectivity index is 1.70. The van der Waals surface area contributed by atoms with Crippen LogP contribution in [-0.4, -0.2) is 29.2 Å². The van der Waals surface area contributed by atoms with Crippen molar-refractivity contribution < 1.29 is 4.52 Å². The number of nitrogen functional groups attached to an aromatic ring is 1. The number of rotatable bonds is 1. The minimum atomic E-state index is 0.433. The summed E-state index contributed by atoms with van der Waals surface area (Å²) in [5.41, 5.74) is 9.94. The molecule has 1 fully saturated rings. The lowest BCUT2D eigenvalue weighted by molar-refractivity contribution is -0.0141. The molecule has 1 aromatic heterocycles. The molecule has 0 saturated carbocycles. The first-order valence-corrected chi connectivity index (χ1v) is 6.98. The van der Waals surface area contributed by atoms with E-state index in [0.717, 1.165) is 17.4 Å². The first kappa shape index (κ1) is 11.3. The molecular formula is C15H19N3O. The Morgan fingerprint density at radius 1 is 1.32 bits per heavy atom. The van der Waals surface area contributed by atoms with Crippen LogP contribution in [0.25, 0.3) is 11.0 Å². The van der Waals surface area contributed by atoms with Crippen LogP contribution in [0.15, 0.2) is 16.7 Å². The molecule has 0 amide bonds. The molecule has 0 unspecified atom stereocenters. The second kappa shape index (κ2) is 3.51. The van der Waals surface area contributed by atoms with Gasteiger partial charge in [-0.25, -0.2) is 0 Å². The molecule has 0 atom stereocenters. The number of benzene rings is 1. The van der Waals surface area contributed by atoms with Crippen LogP contribution in [0.3, 0.4) is 0 Å². The number of hydrogen-bond donors (Lipinski definition) is 1. The minimum absolute atomic E-state index is 0.433. The van der Waals surface area contributed by atoms with Crippen LogP contribution < -0.4 is 5.73 Å². The number of likely N-dealkylation sites (tertiary alicyclic amines) is 1. The quantitative estimate of drug-likeness (QED) is 0.851. The Hall–Kier alpha value is -1.55. The average Bonchev–Trinajstić information content (AvgIpc) is 2.87. The van der Waals surface area contributed by atoms with Crippen molar-refractivity contribution in [3.63, 3.8) is 0 Å². The van der Waals surface area contributed by atoms with Gasteiger partial charge in [-0.05, 0) is 38.3 Å². The molecule has 4 nitrogen and oxygen atoms in total. The molecule has 19 heavy (non-hydrogen) atoms. The number of anilines is 1. The molecule has 4 heteroatoms. The van der Waals surface area contributed by atoms with Gasteiger partial charge < -0.3 is 10.3 Å². The molecule has 0 bridgehead atoms. The third kappa shape index (κ3) is 1.46. The van der Waals surface area contributed by atoms with Gasteiger partial charge in [0.15, 0.2) is 11.4 Å². The first-order chi connectivity index (χ1) is 9.08. The van der Waals surface area contributed by atoms with Gasteiger partial charge in [-0.1, -0.05) is 11.2 Å². The molecule has 2 aliphatic rings. The third-order valence-corrected chi connectivity index (χ3v) is 4.79. The Morgan fingerprint density at radius 3 is 2.84 bits per heavy atom. The van der Waals surface area contributed by atoms with Crippen LogP contribution in [0.5, 0.6) is 0 Å². The van der Waals surface area contributed by atoms with Crippen LogP contribution in [0.2, 0.25) is 0 Å². The third-order valence-electron chi connectivity index (χ3n) is 4.79. The van der Waals surface area contributed by atoms with Crippen LogP contribution >= 0.6 is 0 Å². The smallest absolute Gasteiger partial charge is 0.174 e. The first-order valence-electron chi connectivity index (χ1n) is 6.98. The van der Waals surface area contributed by atoms with E-state index < -0.39 is 0 Å². The van der Waals surface area contributed by atoms with Crippen LogP contribution in [0.4, 0.5) is 5.82 Å². The predicted molar refractivity (Wildman–Crippen MR) is 75.0 cm³/mol. The molecule has 0 radical (unpaired) electrons. The van der Waals surface area contributed by atoms with E-state index in [9.17, 15) is 0 Å². The second-order valence-corrected chi connectivity index (χ2v) is 6.50. The summed E-state index contributed by atoms with van der Waals surface area (Å²) in [5.74, 6) is 0.510. The van der Waals surface area contributed by atoms with Crippen LogP contribution in [0, 0.1) is 5.41 Å². The Morgan fingerprint density at radius 2 is 2.11 bits per heavy atom. The highest BCUT2D eigenvalue weighted by atomic mass is 16.5. The fourth-order valence-electron chi connectivity index (χ4n) is 3.72. The SMILES string of the molecule is CC(C)N1CC2(Cc3ccc4c(N)noc4c3C2)C1.